The number of hydrogen-bond donors (Lipinski definition) is 0. The third-order valence-corrected chi connectivity index (χ3v) is 10.1. The molecule has 2 saturated carbocycles. The normalized spacial score (nSPS) is 18.6. The summed E-state index contributed by atoms with van der Waals surface area (Å²) in [7, 11) is -20.0. The van der Waals surface area contributed by atoms with Gasteiger partial charge in [-0.3, -0.25) is 16.7 Å². The highest BCUT2D eigenvalue weighted by Crippen LogP contribution is 2.23. The van der Waals surface area contributed by atoms with Crippen molar-refractivity contribution in [2.24, 2.45) is 0 Å². The first-order valence-electron chi connectivity index (χ1n) is 10.8. The first kappa shape index (κ1) is 30.3. The van der Waals surface area contributed by atoms with Crippen LogP contribution in [-0.4, -0.2) is 77.4 Å². The van der Waals surface area contributed by atoms with Gasteiger partial charge in [-0.15, -0.1) is 9.58 Å². The molecule has 20 heteroatoms. The molecule has 0 aromatic rings. The lowest BCUT2D eigenvalue weighted by atomic mass is 9.98. The van der Waals surface area contributed by atoms with Crippen molar-refractivity contribution in [3.05, 3.63) is 11.1 Å². The number of nitrogens with zero attached hydrogens (tertiary/aromatic N) is 4. The van der Waals surface area contributed by atoms with Crippen molar-refractivity contribution in [1.29, 1.82) is 0 Å². The van der Waals surface area contributed by atoms with E-state index in [0.717, 1.165) is 12.8 Å². The summed E-state index contributed by atoms with van der Waals surface area (Å²) in [6.45, 7) is 0. The lowest BCUT2D eigenvalue weighted by molar-refractivity contribution is -0.0222. The summed E-state index contributed by atoms with van der Waals surface area (Å²) >= 11 is 0. The molecule has 0 saturated heterocycles. The standard InChI is InChI=1S/C16H26N4O12S4/c17-19-15(35(25,26)29-13-7-3-1-4-8-13)31-33(21,22)11-12-34(23,24)32-16(20-18)36(27,28)30-14-9-5-2-6-10-14/h13-14H,1-12H2. The van der Waals surface area contributed by atoms with Gasteiger partial charge in [-0.25, -0.2) is 0 Å². The molecule has 0 aromatic heterocycles. The van der Waals surface area contributed by atoms with Crippen molar-refractivity contribution in [2.75, 3.05) is 11.5 Å². The fourth-order valence-electron chi connectivity index (χ4n) is 3.48. The molecule has 2 fully saturated rings. The predicted molar refractivity (Wildman–Crippen MR) is 121 cm³/mol. The molecule has 0 N–H and O–H groups in total. The highest BCUT2D eigenvalue weighted by molar-refractivity contribution is 8.03. The molecule has 0 spiro atoms. The summed E-state index contributed by atoms with van der Waals surface area (Å²) in [5.74, 6) is -2.93. The van der Waals surface area contributed by atoms with Gasteiger partial charge in [0, 0.05) is 0 Å². The lowest BCUT2D eigenvalue weighted by Crippen LogP contribution is -2.33. The molecule has 2 aliphatic carbocycles. The molecule has 0 radical (unpaired) electrons. The van der Waals surface area contributed by atoms with Crippen LogP contribution in [0.15, 0.2) is 0 Å². The zero-order valence-electron chi connectivity index (χ0n) is 19.0. The Bertz CT molecular complexity index is 1210. The zero-order chi connectivity index (χ0) is 27.0. The summed E-state index contributed by atoms with van der Waals surface area (Å²) < 4.78 is 115. The number of hydrogen-bond acceptors (Lipinski definition) is 12. The average Bonchev–Trinajstić information content (AvgIpc) is 2.80. The fraction of sp³-hybridized carbons (Fsp3) is 0.875. The van der Waals surface area contributed by atoms with Gasteiger partial charge in [0.2, 0.25) is 0 Å². The molecule has 0 amide bonds. The molecule has 0 unspecified atom stereocenters. The van der Waals surface area contributed by atoms with Gasteiger partial charge in [0.05, 0.1) is 12.2 Å². The second-order valence-corrected chi connectivity index (χ2v) is 14.3. The monoisotopic (exact) mass is 594 g/mol. The van der Waals surface area contributed by atoms with E-state index in [2.05, 4.69) is 17.9 Å². The maximum absolute atomic E-state index is 12.2. The Labute approximate surface area is 209 Å². The maximum atomic E-state index is 12.2. The quantitative estimate of drug-likeness (QED) is 0.114. The molecule has 0 aliphatic heterocycles. The van der Waals surface area contributed by atoms with Crippen LogP contribution in [-0.2, 0) is 57.2 Å². The van der Waals surface area contributed by atoms with E-state index in [1.807, 2.05) is 0 Å². The van der Waals surface area contributed by atoms with Gasteiger partial charge in [0.15, 0.2) is 0 Å². The minimum absolute atomic E-state index is 0.363. The Morgan fingerprint density at radius 1 is 0.583 bits per heavy atom. The van der Waals surface area contributed by atoms with E-state index >= 15 is 0 Å². The molecule has 2 aliphatic rings. The van der Waals surface area contributed by atoms with E-state index in [1.165, 1.54) is 0 Å². The van der Waals surface area contributed by atoms with Crippen LogP contribution in [0.4, 0.5) is 0 Å². The van der Waals surface area contributed by atoms with E-state index in [9.17, 15) is 33.7 Å². The van der Waals surface area contributed by atoms with Crippen LogP contribution in [0.25, 0.3) is 11.1 Å². The van der Waals surface area contributed by atoms with Crippen molar-refractivity contribution in [3.8, 4) is 0 Å². The van der Waals surface area contributed by atoms with Gasteiger partial charge >= 0.3 is 50.9 Å². The SMILES string of the molecule is [N-]=[N+]=C(OS(=O)(=O)CCS(=O)(=O)OC(=[N+]=[N-])S(=O)(=O)OC1CCCCC1)S(=O)(=O)OC1CCCCC1. The minimum Gasteiger partial charge on any atom is -0.356 e. The van der Waals surface area contributed by atoms with E-state index in [-0.39, 0.29) is 0 Å². The van der Waals surface area contributed by atoms with Gasteiger partial charge < -0.3 is 11.1 Å². The van der Waals surface area contributed by atoms with Crippen LogP contribution in [0, 0.1) is 0 Å². The molecule has 0 bridgehead atoms. The van der Waals surface area contributed by atoms with Crippen LogP contribution in [0.1, 0.15) is 64.2 Å². The average molecular weight is 595 g/mol. The Balaban J connectivity index is 2.01. The molecule has 16 nitrogen and oxygen atoms in total. The largest absolute Gasteiger partial charge is 0.612 e. The van der Waals surface area contributed by atoms with Crippen LogP contribution >= 0.6 is 0 Å². The van der Waals surface area contributed by atoms with Crippen LogP contribution < -0.4 is 0 Å². The van der Waals surface area contributed by atoms with Gasteiger partial charge in [-0.05, 0) is 25.7 Å². The van der Waals surface area contributed by atoms with Crippen LogP contribution in [0.5, 0.6) is 0 Å². The molecule has 0 atom stereocenters. The van der Waals surface area contributed by atoms with E-state index in [1.54, 1.807) is 0 Å². The third kappa shape index (κ3) is 9.51. The Hall–Kier alpha value is -1.92. The second-order valence-electron chi connectivity index (χ2n) is 8.04. The van der Waals surface area contributed by atoms with E-state index in [4.69, 9.17) is 19.4 Å². The van der Waals surface area contributed by atoms with Crippen LogP contribution in [0.3, 0.4) is 0 Å². The minimum atomic E-state index is -5.04. The smallest absolute Gasteiger partial charge is 0.356 e. The predicted octanol–water partition coefficient (Wildman–Crippen LogP) is 0.209. The molecule has 0 heterocycles. The second kappa shape index (κ2) is 12.6. The van der Waals surface area contributed by atoms with Crippen molar-refractivity contribution in [3.63, 3.8) is 0 Å². The molecule has 206 valence electrons. The highest BCUT2D eigenvalue weighted by Gasteiger charge is 2.42. The summed E-state index contributed by atoms with van der Waals surface area (Å²) in [5, 5.41) is -3.46. The highest BCUT2D eigenvalue weighted by atomic mass is 32.2. The Kier molecular flexibility index (Phi) is 10.6. The fourth-order valence-corrected chi connectivity index (χ4v) is 8.54. The van der Waals surface area contributed by atoms with Crippen molar-refractivity contribution >= 4 is 50.9 Å². The van der Waals surface area contributed by atoms with Crippen molar-refractivity contribution < 1.29 is 60.0 Å². The summed E-state index contributed by atoms with van der Waals surface area (Å²) in [6, 6.07) is 0. The van der Waals surface area contributed by atoms with E-state index < -0.39 is 74.6 Å². The molecule has 2 rings (SSSR count). The molecule has 36 heavy (non-hydrogen) atoms. The topological polar surface area (TPSA) is 246 Å². The van der Waals surface area contributed by atoms with Gasteiger partial charge in [-0.1, -0.05) is 38.5 Å². The lowest BCUT2D eigenvalue weighted by Gasteiger charge is -2.19. The molecule has 0 aromatic carbocycles. The van der Waals surface area contributed by atoms with Gasteiger partial charge in [0.25, 0.3) is 0 Å². The molecular formula is C16H26N4O12S4. The van der Waals surface area contributed by atoms with Crippen molar-refractivity contribution in [2.45, 2.75) is 76.4 Å². The van der Waals surface area contributed by atoms with E-state index in [0.29, 0.717) is 51.4 Å². The maximum Gasteiger partial charge on any atom is 0.612 e. The summed E-state index contributed by atoms with van der Waals surface area (Å²) in [5.41, 5.74) is 17.9. The van der Waals surface area contributed by atoms with Crippen LogP contribution in [0.2, 0.25) is 0 Å². The summed E-state index contributed by atoms with van der Waals surface area (Å²) in [4.78, 5) is 4.56. The zero-order valence-corrected chi connectivity index (χ0v) is 22.2. The first-order chi connectivity index (χ1) is 16.7. The van der Waals surface area contributed by atoms with Crippen molar-refractivity contribution in [1.82, 2.24) is 0 Å². The Morgan fingerprint density at radius 3 is 1.17 bits per heavy atom. The van der Waals surface area contributed by atoms with Gasteiger partial charge in [-0.2, -0.15) is 33.7 Å². The number of rotatable bonds is 9. The van der Waals surface area contributed by atoms with Gasteiger partial charge in [0.1, 0.15) is 11.5 Å². The first-order valence-corrected chi connectivity index (χ1v) is 16.8. The molecular weight excluding hydrogens is 568 g/mol. The summed E-state index contributed by atoms with van der Waals surface area (Å²) in [6.07, 6.45) is 4.29. The Morgan fingerprint density at radius 2 is 0.889 bits per heavy atom. The third-order valence-electron chi connectivity index (χ3n) is 5.20.